The molecule has 3 aliphatic rings. The van der Waals surface area contributed by atoms with E-state index in [1.165, 1.54) is 11.3 Å². The van der Waals surface area contributed by atoms with Crippen molar-refractivity contribution in [1.29, 1.82) is 0 Å². The van der Waals surface area contributed by atoms with Crippen molar-refractivity contribution in [3.05, 3.63) is 48.6 Å². The smallest absolute Gasteiger partial charge is 0.246 e. The minimum Gasteiger partial charge on any atom is -0.300 e. The summed E-state index contributed by atoms with van der Waals surface area (Å²) in [5, 5.41) is 5.37. The first-order chi connectivity index (χ1) is 14.1. The normalized spacial score (nSPS) is 27.4. The van der Waals surface area contributed by atoms with Crippen LogP contribution in [0.25, 0.3) is 21.0 Å². The lowest BCUT2D eigenvalue weighted by Gasteiger charge is -2.16. The van der Waals surface area contributed by atoms with Crippen LogP contribution in [-0.2, 0) is 14.4 Å². The Labute approximate surface area is 170 Å². The van der Waals surface area contributed by atoms with E-state index in [-0.39, 0.29) is 42.0 Å². The van der Waals surface area contributed by atoms with Gasteiger partial charge >= 0.3 is 0 Å². The van der Waals surface area contributed by atoms with Crippen molar-refractivity contribution in [2.45, 2.75) is 6.42 Å². The molecule has 144 valence electrons. The van der Waals surface area contributed by atoms with Crippen LogP contribution in [0.5, 0.6) is 0 Å². The number of imide groups is 1. The Morgan fingerprint density at radius 1 is 1.07 bits per heavy atom. The SMILES string of the molecule is O=C(CN1C(=O)C2C3C=CC(C3)C2C1=O)Nc1nc2c(ccc3ccccc32)s1. The van der Waals surface area contributed by atoms with Gasteiger partial charge < -0.3 is 5.32 Å². The molecule has 7 heteroatoms. The van der Waals surface area contributed by atoms with Crippen molar-refractivity contribution < 1.29 is 14.4 Å². The molecule has 4 unspecified atom stereocenters. The van der Waals surface area contributed by atoms with Crippen LogP contribution < -0.4 is 5.32 Å². The van der Waals surface area contributed by atoms with E-state index in [1.54, 1.807) is 0 Å². The number of likely N-dealkylation sites (tertiary alicyclic amines) is 1. The average molecular weight is 403 g/mol. The molecule has 0 radical (unpaired) electrons. The van der Waals surface area contributed by atoms with Crippen LogP contribution >= 0.6 is 11.3 Å². The molecule has 3 aromatic rings. The Balaban J connectivity index is 1.22. The van der Waals surface area contributed by atoms with Gasteiger partial charge in [0.25, 0.3) is 0 Å². The van der Waals surface area contributed by atoms with E-state index in [0.29, 0.717) is 5.13 Å². The third-order valence-electron chi connectivity index (χ3n) is 6.39. The molecular weight excluding hydrogens is 386 g/mol. The molecule has 2 heterocycles. The minimum absolute atomic E-state index is 0.145. The van der Waals surface area contributed by atoms with Gasteiger partial charge in [-0.25, -0.2) is 4.98 Å². The van der Waals surface area contributed by atoms with Crippen molar-refractivity contribution in [2.24, 2.45) is 23.7 Å². The van der Waals surface area contributed by atoms with E-state index in [4.69, 9.17) is 0 Å². The van der Waals surface area contributed by atoms with Crippen molar-refractivity contribution in [3.63, 3.8) is 0 Å². The molecular formula is C22H17N3O3S. The molecule has 3 amide bonds. The zero-order valence-corrected chi connectivity index (χ0v) is 16.2. The van der Waals surface area contributed by atoms with E-state index in [9.17, 15) is 14.4 Å². The number of carbonyl (C=O) groups is 3. The molecule has 1 saturated heterocycles. The third kappa shape index (κ3) is 2.40. The van der Waals surface area contributed by atoms with E-state index in [1.807, 2.05) is 48.6 Å². The summed E-state index contributed by atoms with van der Waals surface area (Å²) in [6.45, 7) is -0.249. The van der Waals surface area contributed by atoms with Crippen LogP contribution in [0.4, 0.5) is 5.13 Å². The maximum Gasteiger partial charge on any atom is 0.246 e. The van der Waals surface area contributed by atoms with Gasteiger partial charge in [0.2, 0.25) is 17.7 Å². The largest absolute Gasteiger partial charge is 0.300 e. The monoisotopic (exact) mass is 403 g/mol. The molecule has 2 bridgehead atoms. The highest BCUT2D eigenvalue weighted by atomic mass is 32.1. The molecule has 2 fully saturated rings. The molecule has 2 aromatic carbocycles. The Kier molecular flexibility index (Phi) is 3.47. The van der Waals surface area contributed by atoms with Gasteiger partial charge in [-0.2, -0.15) is 0 Å². The van der Waals surface area contributed by atoms with Gasteiger partial charge in [0, 0.05) is 5.39 Å². The second kappa shape index (κ2) is 5.97. The quantitative estimate of drug-likeness (QED) is 0.538. The van der Waals surface area contributed by atoms with Gasteiger partial charge in [-0.1, -0.05) is 53.8 Å². The van der Waals surface area contributed by atoms with Crippen molar-refractivity contribution in [1.82, 2.24) is 9.88 Å². The number of nitrogens with one attached hydrogen (secondary N) is 1. The Morgan fingerprint density at radius 3 is 2.55 bits per heavy atom. The maximum atomic E-state index is 12.7. The zero-order valence-electron chi connectivity index (χ0n) is 15.4. The average Bonchev–Trinajstić information content (AvgIpc) is 3.48. The van der Waals surface area contributed by atoms with Crippen LogP contribution in [0, 0.1) is 23.7 Å². The molecule has 1 N–H and O–H groups in total. The lowest BCUT2D eigenvalue weighted by molar-refractivity contribution is -0.143. The molecule has 1 saturated carbocycles. The zero-order chi connectivity index (χ0) is 19.7. The van der Waals surface area contributed by atoms with Gasteiger partial charge in [0.1, 0.15) is 6.54 Å². The van der Waals surface area contributed by atoms with Crippen LogP contribution in [0.1, 0.15) is 6.42 Å². The molecule has 29 heavy (non-hydrogen) atoms. The fraction of sp³-hybridized carbons (Fsp3) is 0.273. The van der Waals surface area contributed by atoms with Crippen molar-refractivity contribution >= 4 is 55.2 Å². The number of rotatable bonds is 3. The van der Waals surface area contributed by atoms with Crippen LogP contribution in [0.15, 0.2) is 48.6 Å². The molecule has 6 rings (SSSR count). The topological polar surface area (TPSA) is 79.4 Å². The molecule has 1 aliphatic heterocycles. The number of allylic oxidation sites excluding steroid dienone is 2. The third-order valence-corrected chi connectivity index (χ3v) is 7.33. The first kappa shape index (κ1) is 16.9. The van der Waals surface area contributed by atoms with E-state index in [2.05, 4.69) is 10.3 Å². The van der Waals surface area contributed by atoms with Gasteiger partial charge in [-0.05, 0) is 29.7 Å². The summed E-state index contributed by atoms with van der Waals surface area (Å²) in [4.78, 5) is 43.8. The number of nitrogens with zero attached hydrogens (tertiary/aromatic N) is 2. The highest BCUT2D eigenvalue weighted by Crippen LogP contribution is 2.52. The number of hydrogen-bond acceptors (Lipinski definition) is 5. The summed E-state index contributed by atoms with van der Waals surface area (Å²) in [7, 11) is 0. The predicted octanol–water partition coefficient (Wildman–Crippen LogP) is 3.20. The molecule has 0 spiro atoms. The van der Waals surface area contributed by atoms with Gasteiger partial charge in [0.15, 0.2) is 5.13 Å². The second-order valence-electron chi connectivity index (χ2n) is 7.96. The Bertz CT molecular complexity index is 1220. The van der Waals surface area contributed by atoms with Gasteiger partial charge in [-0.15, -0.1) is 0 Å². The summed E-state index contributed by atoms with van der Waals surface area (Å²) in [5.74, 6) is -1.07. The highest BCUT2D eigenvalue weighted by molar-refractivity contribution is 7.22. The first-order valence-corrected chi connectivity index (χ1v) is 10.5. The summed E-state index contributed by atoms with van der Waals surface area (Å²) >= 11 is 1.39. The number of fused-ring (bicyclic) bond motifs is 8. The Hall–Kier alpha value is -3.06. The molecule has 2 aliphatic carbocycles. The van der Waals surface area contributed by atoms with E-state index < -0.39 is 5.91 Å². The van der Waals surface area contributed by atoms with E-state index >= 15 is 0 Å². The number of benzene rings is 2. The summed E-state index contributed by atoms with van der Waals surface area (Å²) in [5.41, 5.74) is 0.842. The second-order valence-corrected chi connectivity index (χ2v) is 8.99. The summed E-state index contributed by atoms with van der Waals surface area (Å²) in [6.07, 6.45) is 4.98. The van der Waals surface area contributed by atoms with Crippen LogP contribution in [-0.4, -0.2) is 34.2 Å². The summed E-state index contributed by atoms with van der Waals surface area (Å²) in [6, 6.07) is 12.0. The lowest BCUT2D eigenvalue weighted by Crippen LogP contribution is -2.39. The van der Waals surface area contributed by atoms with Crippen molar-refractivity contribution in [3.8, 4) is 0 Å². The first-order valence-electron chi connectivity index (χ1n) is 9.72. The number of anilines is 1. The van der Waals surface area contributed by atoms with Gasteiger partial charge in [0.05, 0.1) is 22.1 Å². The lowest BCUT2D eigenvalue weighted by atomic mass is 9.85. The number of amides is 3. The molecule has 4 atom stereocenters. The maximum absolute atomic E-state index is 12.7. The van der Waals surface area contributed by atoms with Crippen molar-refractivity contribution in [2.75, 3.05) is 11.9 Å². The Morgan fingerprint density at radius 2 is 1.79 bits per heavy atom. The number of thiazole rings is 1. The molecule has 6 nitrogen and oxygen atoms in total. The van der Waals surface area contributed by atoms with Crippen LogP contribution in [0.3, 0.4) is 0 Å². The highest BCUT2D eigenvalue weighted by Gasteiger charge is 2.59. The van der Waals surface area contributed by atoms with E-state index in [0.717, 1.165) is 32.3 Å². The minimum atomic E-state index is -0.393. The standard InChI is InChI=1S/C22H17N3O3S/c26-16(10-25-20(27)17-12-5-6-13(9-12)18(17)21(25)28)23-22-24-19-14-4-2-1-3-11(14)7-8-15(19)29-22/h1-8,12-13,17-18H,9-10H2,(H,23,24,26). The number of aromatic nitrogens is 1. The molecule has 1 aromatic heterocycles. The number of hydrogen-bond donors (Lipinski definition) is 1. The van der Waals surface area contributed by atoms with Gasteiger partial charge in [-0.3, -0.25) is 19.3 Å². The fourth-order valence-electron chi connectivity index (χ4n) is 5.14. The van der Waals surface area contributed by atoms with Crippen LogP contribution in [0.2, 0.25) is 0 Å². The summed E-state index contributed by atoms with van der Waals surface area (Å²) < 4.78 is 0.976. The predicted molar refractivity (Wildman–Crippen MR) is 110 cm³/mol. The fourth-order valence-corrected chi connectivity index (χ4v) is 6.04. The number of carbonyl (C=O) groups excluding carboxylic acids is 3.